The number of hydrogen-bond donors (Lipinski definition) is 2. The zero-order valence-electron chi connectivity index (χ0n) is 14.4. The lowest BCUT2D eigenvalue weighted by Gasteiger charge is -2.28. The van der Waals surface area contributed by atoms with Gasteiger partial charge in [0.25, 0.3) is 0 Å². The SMILES string of the molecule is Cl.NC[C@H]1CC[C@H](Nc2nc(-c3cc(-c4ccccc4)on3)cs2)CC1. The maximum atomic E-state index is 5.77. The Morgan fingerprint density at radius 3 is 2.62 bits per heavy atom. The van der Waals surface area contributed by atoms with Gasteiger partial charge in [0.2, 0.25) is 0 Å². The third kappa shape index (κ3) is 4.26. The van der Waals surface area contributed by atoms with Gasteiger partial charge < -0.3 is 15.6 Å². The maximum Gasteiger partial charge on any atom is 0.183 e. The predicted octanol–water partition coefficient (Wildman–Crippen LogP) is 4.82. The van der Waals surface area contributed by atoms with Crippen LogP contribution < -0.4 is 11.1 Å². The van der Waals surface area contributed by atoms with Gasteiger partial charge in [-0.2, -0.15) is 0 Å². The van der Waals surface area contributed by atoms with Crippen molar-refractivity contribution in [1.82, 2.24) is 10.1 Å². The topological polar surface area (TPSA) is 77.0 Å². The van der Waals surface area contributed by atoms with Crippen LogP contribution in [0.1, 0.15) is 25.7 Å². The average molecular weight is 391 g/mol. The maximum absolute atomic E-state index is 5.77. The molecule has 3 N–H and O–H groups in total. The summed E-state index contributed by atoms with van der Waals surface area (Å²) in [7, 11) is 0. The van der Waals surface area contributed by atoms with Crippen LogP contribution in [0.3, 0.4) is 0 Å². The molecule has 0 unspecified atom stereocenters. The van der Waals surface area contributed by atoms with Crippen molar-refractivity contribution in [1.29, 1.82) is 0 Å². The van der Waals surface area contributed by atoms with Crippen LogP contribution in [0, 0.1) is 5.92 Å². The fourth-order valence-electron chi connectivity index (χ4n) is 3.31. The first kappa shape index (κ1) is 18.9. The predicted molar refractivity (Wildman–Crippen MR) is 109 cm³/mol. The van der Waals surface area contributed by atoms with E-state index in [0.29, 0.717) is 12.0 Å². The van der Waals surface area contributed by atoms with Crippen molar-refractivity contribution >= 4 is 28.9 Å². The van der Waals surface area contributed by atoms with Gasteiger partial charge in [0.05, 0.1) is 0 Å². The number of hydrogen-bond acceptors (Lipinski definition) is 6. The highest BCUT2D eigenvalue weighted by Gasteiger charge is 2.21. The van der Waals surface area contributed by atoms with Crippen LogP contribution in [0.15, 0.2) is 46.3 Å². The number of nitrogens with one attached hydrogen (secondary N) is 1. The first-order valence-electron chi connectivity index (χ1n) is 8.76. The highest BCUT2D eigenvalue weighted by molar-refractivity contribution is 7.14. The largest absolute Gasteiger partial charge is 0.359 e. The van der Waals surface area contributed by atoms with Crippen molar-refractivity contribution in [2.75, 3.05) is 11.9 Å². The van der Waals surface area contributed by atoms with Gasteiger partial charge in [-0.1, -0.05) is 35.5 Å². The third-order valence-corrected chi connectivity index (χ3v) is 5.62. The summed E-state index contributed by atoms with van der Waals surface area (Å²) in [6.45, 7) is 0.810. The smallest absolute Gasteiger partial charge is 0.183 e. The van der Waals surface area contributed by atoms with E-state index in [1.165, 1.54) is 25.7 Å². The molecule has 0 amide bonds. The Kier molecular flexibility index (Phi) is 6.29. The molecule has 0 aliphatic heterocycles. The van der Waals surface area contributed by atoms with Crippen molar-refractivity contribution < 1.29 is 4.52 Å². The minimum absolute atomic E-state index is 0. The van der Waals surface area contributed by atoms with Gasteiger partial charge in [0.15, 0.2) is 10.9 Å². The molecule has 3 aromatic rings. The van der Waals surface area contributed by atoms with Gasteiger partial charge in [0.1, 0.15) is 11.4 Å². The minimum atomic E-state index is 0. The number of thiazole rings is 1. The van der Waals surface area contributed by atoms with Crippen LogP contribution in [-0.2, 0) is 0 Å². The number of anilines is 1. The number of benzene rings is 1. The summed E-state index contributed by atoms with van der Waals surface area (Å²) < 4.78 is 5.47. The van der Waals surface area contributed by atoms with E-state index in [0.717, 1.165) is 34.4 Å². The summed E-state index contributed by atoms with van der Waals surface area (Å²) in [5, 5.41) is 10.7. The van der Waals surface area contributed by atoms with E-state index >= 15 is 0 Å². The second-order valence-electron chi connectivity index (χ2n) is 6.58. The molecule has 0 saturated heterocycles. The first-order chi connectivity index (χ1) is 12.3. The standard InChI is InChI=1S/C19H22N4OS.ClH/c20-11-13-6-8-15(9-7-13)21-19-22-17(12-25-19)16-10-18(24-23-16)14-4-2-1-3-5-14;/h1-5,10,12-13,15H,6-9,11,20H2,(H,21,22);1H/t13-,15-;. The molecule has 2 aromatic heterocycles. The summed E-state index contributed by atoms with van der Waals surface area (Å²) in [5.41, 5.74) is 8.42. The molecule has 1 aliphatic carbocycles. The second kappa shape index (κ2) is 8.66. The van der Waals surface area contributed by atoms with Crippen LogP contribution in [0.4, 0.5) is 5.13 Å². The Morgan fingerprint density at radius 2 is 1.88 bits per heavy atom. The van der Waals surface area contributed by atoms with Crippen molar-refractivity contribution in [3.05, 3.63) is 41.8 Å². The molecule has 7 heteroatoms. The fourth-order valence-corrected chi connectivity index (χ4v) is 4.09. The first-order valence-corrected chi connectivity index (χ1v) is 9.64. The summed E-state index contributed by atoms with van der Waals surface area (Å²) >= 11 is 1.62. The monoisotopic (exact) mass is 390 g/mol. The van der Waals surface area contributed by atoms with E-state index in [1.54, 1.807) is 11.3 Å². The summed E-state index contributed by atoms with van der Waals surface area (Å²) in [5.74, 6) is 1.45. The lowest BCUT2D eigenvalue weighted by atomic mass is 9.86. The molecule has 0 bridgehead atoms. The van der Waals surface area contributed by atoms with Crippen molar-refractivity contribution in [3.63, 3.8) is 0 Å². The van der Waals surface area contributed by atoms with Crippen LogP contribution in [-0.4, -0.2) is 22.7 Å². The second-order valence-corrected chi connectivity index (χ2v) is 7.44. The quantitative estimate of drug-likeness (QED) is 0.653. The highest BCUT2D eigenvalue weighted by atomic mass is 35.5. The van der Waals surface area contributed by atoms with E-state index in [2.05, 4.69) is 15.5 Å². The Morgan fingerprint density at radius 1 is 1.12 bits per heavy atom. The molecule has 0 atom stereocenters. The van der Waals surface area contributed by atoms with Crippen LogP contribution in [0.2, 0.25) is 0 Å². The van der Waals surface area contributed by atoms with Crippen molar-refractivity contribution in [2.24, 2.45) is 11.7 Å². The zero-order valence-corrected chi connectivity index (χ0v) is 16.1. The van der Waals surface area contributed by atoms with Gasteiger partial charge in [-0.15, -0.1) is 23.7 Å². The molecule has 26 heavy (non-hydrogen) atoms. The van der Waals surface area contributed by atoms with E-state index < -0.39 is 0 Å². The zero-order chi connectivity index (χ0) is 17.1. The number of rotatable bonds is 5. The third-order valence-electron chi connectivity index (χ3n) is 4.84. The number of aromatic nitrogens is 2. The molecule has 5 nitrogen and oxygen atoms in total. The van der Waals surface area contributed by atoms with E-state index in [9.17, 15) is 0 Å². The molecule has 1 fully saturated rings. The van der Waals surface area contributed by atoms with Crippen molar-refractivity contribution in [2.45, 2.75) is 31.7 Å². The molecule has 2 heterocycles. The fraction of sp³-hybridized carbons (Fsp3) is 0.368. The lowest BCUT2D eigenvalue weighted by Crippen LogP contribution is -2.29. The Hall–Kier alpha value is -1.89. The van der Waals surface area contributed by atoms with Crippen LogP contribution in [0.5, 0.6) is 0 Å². The molecule has 0 spiro atoms. The Bertz CT molecular complexity index is 812. The van der Waals surface area contributed by atoms with Crippen LogP contribution in [0.25, 0.3) is 22.7 Å². The molecule has 1 aliphatic rings. The van der Waals surface area contributed by atoms with Gasteiger partial charge in [-0.25, -0.2) is 4.98 Å². The molecule has 0 radical (unpaired) electrons. The normalized spacial score (nSPS) is 19.7. The molecule has 4 rings (SSSR count). The summed E-state index contributed by atoms with van der Waals surface area (Å²) in [4.78, 5) is 4.68. The Labute approximate surface area is 163 Å². The van der Waals surface area contributed by atoms with E-state index in [-0.39, 0.29) is 12.4 Å². The van der Waals surface area contributed by atoms with Gasteiger partial charge in [0, 0.05) is 23.1 Å². The Balaban J connectivity index is 0.00000196. The number of nitrogens with zero attached hydrogens (tertiary/aromatic N) is 2. The lowest BCUT2D eigenvalue weighted by molar-refractivity contribution is 0.345. The minimum Gasteiger partial charge on any atom is -0.359 e. The van der Waals surface area contributed by atoms with Crippen molar-refractivity contribution in [3.8, 4) is 22.7 Å². The highest BCUT2D eigenvalue weighted by Crippen LogP contribution is 2.30. The molecule has 138 valence electrons. The van der Waals surface area contributed by atoms with E-state index in [4.69, 9.17) is 10.3 Å². The van der Waals surface area contributed by atoms with Gasteiger partial charge >= 0.3 is 0 Å². The molecular weight excluding hydrogens is 368 g/mol. The van der Waals surface area contributed by atoms with Gasteiger partial charge in [-0.05, 0) is 38.1 Å². The molecule has 1 saturated carbocycles. The average Bonchev–Trinajstić information content (AvgIpc) is 3.32. The van der Waals surface area contributed by atoms with E-state index in [1.807, 2.05) is 41.8 Å². The summed E-state index contributed by atoms with van der Waals surface area (Å²) in [6, 6.07) is 12.4. The number of nitrogens with two attached hydrogens (primary N) is 1. The molecular formula is C19H23ClN4OS. The number of halogens is 1. The summed E-state index contributed by atoms with van der Waals surface area (Å²) in [6.07, 6.45) is 4.74. The van der Waals surface area contributed by atoms with Gasteiger partial charge in [-0.3, -0.25) is 0 Å². The van der Waals surface area contributed by atoms with Crippen LogP contribution >= 0.6 is 23.7 Å². The molecule has 1 aromatic carbocycles.